The van der Waals surface area contributed by atoms with Crippen LogP contribution in [0.4, 0.5) is 0 Å². The van der Waals surface area contributed by atoms with E-state index >= 15 is 0 Å². The molecule has 1 aliphatic rings. The Hall–Kier alpha value is -1.58. The van der Waals surface area contributed by atoms with Crippen molar-refractivity contribution >= 4 is 29.1 Å². The Morgan fingerprint density at radius 3 is 2.45 bits per heavy atom. The van der Waals surface area contributed by atoms with Crippen LogP contribution in [0.25, 0.3) is 10.8 Å². The van der Waals surface area contributed by atoms with E-state index in [9.17, 15) is 4.79 Å². The fourth-order valence-electron chi connectivity index (χ4n) is 3.35. The van der Waals surface area contributed by atoms with E-state index in [1.807, 2.05) is 0 Å². The van der Waals surface area contributed by atoms with E-state index in [0.717, 1.165) is 25.9 Å². The van der Waals surface area contributed by atoms with Gasteiger partial charge in [-0.1, -0.05) is 42.5 Å². The van der Waals surface area contributed by atoms with Gasteiger partial charge in [-0.2, -0.15) is 0 Å². The summed E-state index contributed by atoms with van der Waals surface area (Å²) in [4.78, 5) is 13.5. The van der Waals surface area contributed by atoms with Crippen LogP contribution in [-0.4, -0.2) is 29.1 Å². The first-order valence-electron chi connectivity index (χ1n) is 7.61. The number of benzene rings is 2. The Morgan fingerprint density at radius 2 is 1.77 bits per heavy atom. The SMILES string of the molecule is C[C@H](c1cccc2ccccc12)N1CCC(C(=O)O)CC1.Cl. The molecular weight excluding hydrogens is 298 g/mol. The number of halogens is 1. The lowest BCUT2D eigenvalue weighted by Gasteiger charge is -2.35. The van der Waals surface area contributed by atoms with Crippen molar-refractivity contribution in [2.75, 3.05) is 13.1 Å². The van der Waals surface area contributed by atoms with Crippen LogP contribution in [0.1, 0.15) is 31.4 Å². The third kappa shape index (κ3) is 3.26. The summed E-state index contributed by atoms with van der Waals surface area (Å²) in [5.74, 6) is -0.812. The van der Waals surface area contributed by atoms with Crippen molar-refractivity contribution in [1.82, 2.24) is 4.90 Å². The second kappa shape index (κ2) is 7.12. The van der Waals surface area contributed by atoms with Gasteiger partial charge in [-0.15, -0.1) is 12.4 Å². The Balaban J connectivity index is 0.00000176. The lowest BCUT2D eigenvalue weighted by Crippen LogP contribution is -2.37. The smallest absolute Gasteiger partial charge is 0.306 e. The minimum Gasteiger partial charge on any atom is -0.481 e. The summed E-state index contributed by atoms with van der Waals surface area (Å²) in [6, 6.07) is 15.2. The first-order valence-corrected chi connectivity index (χ1v) is 7.61. The molecular formula is C18H22ClNO2. The standard InChI is InChI=1S/C18H21NO2.ClH/c1-13(19-11-9-15(10-12-19)18(20)21)16-8-4-6-14-5-2-3-7-17(14)16;/h2-8,13,15H,9-12H2,1H3,(H,20,21);1H/t13-;/m1./s1. The van der Waals surface area contributed by atoms with Crippen LogP contribution in [0.5, 0.6) is 0 Å². The molecule has 2 aromatic carbocycles. The highest BCUT2D eigenvalue weighted by atomic mass is 35.5. The van der Waals surface area contributed by atoms with Crippen molar-refractivity contribution in [3.8, 4) is 0 Å². The van der Waals surface area contributed by atoms with Gasteiger partial charge in [-0.05, 0) is 49.2 Å². The predicted octanol–water partition coefficient (Wildman–Crippen LogP) is 4.12. The molecule has 3 nitrogen and oxygen atoms in total. The van der Waals surface area contributed by atoms with Gasteiger partial charge >= 0.3 is 5.97 Å². The number of hydrogen-bond donors (Lipinski definition) is 1. The van der Waals surface area contributed by atoms with Gasteiger partial charge in [0, 0.05) is 6.04 Å². The number of nitrogens with zero attached hydrogens (tertiary/aromatic N) is 1. The Bertz CT molecular complexity index is 645. The van der Waals surface area contributed by atoms with E-state index in [-0.39, 0.29) is 18.3 Å². The van der Waals surface area contributed by atoms with Gasteiger partial charge in [0.05, 0.1) is 5.92 Å². The molecule has 0 bridgehead atoms. The van der Waals surface area contributed by atoms with Gasteiger partial charge in [0.25, 0.3) is 0 Å². The highest BCUT2D eigenvalue weighted by Gasteiger charge is 2.27. The first kappa shape index (κ1) is 16.8. The molecule has 1 aliphatic heterocycles. The van der Waals surface area contributed by atoms with Gasteiger partial charge in [0.2, 0.25) is 0 Å². The van der Waals surface area contributed by atoms with Crippen LogP contribution in [-0.2, 0) is 4.79 Å². The van der Waals surface area contributed by atoms with E-state index in [2.05, 4.69) is 54.3 Å². The molecule has 3 rings (SSSR count). The Morgan fingerprint density at radius 1 is 1.14 bits per heavy atom. The fourth-order valence-corrected chi connectivity index (χ4v) is 3.35. The zero-order valence-electron chi connectivity index (χ0n) is 12.7. The van der Waals surface area contributed by atoms with Crippen molar-refractivity contribution in [2.45, 2.75) is 25.8 Å². The van der Waals surface area contributed by atoms with Gasteiger partial charge in [0.1, 0.15) is 0 Å². The summed E-state index contributed by atoms with van der Waals surface area (Å²) in [6.07, 6.45) is 1.51. The van der Waals surface area contributed by atoms with Crippen molar-refractivity contribution in [3.63, 3.8) is 0 Å². The number of hydrogen-bond acceptors (Lipinski definition) is 2. The summed E-state index contributed by atoms with van der Waals surface area (Å²) in [7, 11) is 0. The Labute approximate surface area is 137 Å². The molecule has 22 heavy (non-hydrogen) atoms. The summed E-state index contributed by atoms with van der Waals surface area (Å²) < 4.78 is 0. The van der Waals surface area contributed by atoms with Crippen LogP contribution >= 0.6 is 12.4 Å². The number of likely N-dealkylation sites (tertiary alicyclic amines) is 1. The molecule has 4 heteroatoms. The molecule has 0 unspecified atom stereocenters. The number of fused-ring (bicyclic) bond motifs is 1. The highest BCUT2D eigenvalue weighted by Crippen LogP contribution is 2.31. The third-order valence-corrected chi connectivity index (χ3v) is 4.70. The number of carboxylic acids is 1. The van der Waals surface area contributed by atoms with Crippen LogP contribution in [0.3, 0.4) is 0 Å². The number of carboxylic acid groups (broad SMARTS) is 1. The molecule has 1 atom stereocenters. The average molecular weight is 320 g/mol. The number of carbonyl (C=O) groups is 1. The van der Waals surface area contributed by atoms with E-state index in [4.69, 9.17) is 5.11 Å². The molecule has 0 aliphatic carbocycles. The maximum atomic E-state index is 11.1. The third-order valence-electron chi connectivity index (χ3n) is 4.70. The van der Waals surface area contributed by atoms with Crippen molar-refractivity contribution in [1.29, 1.82) is 0 Å². The second-order valence-corrected chi connectivity index (χ2v) is 5.89. The second-order valence-electron chi connectivity index (χ2n) is 5.89. The van der Waals surface area contributed by atoms with Crippen LogP contribution in [0.15, 0.2) is 42.5 Å². The number of piperidine rings is 1. The monoisotopic (exact) mass is 319 g/mol. The van der Waals surface area contributed by atoms with E-state index in [1.165, 1.54) is 16.3 Å². The van der Waals surface area contributed by atoms with E-state index < -0.39 is 5.97 Å². The Kier molecular flexibility index (Phi) is 5.43. The number of aliphatic carboxylic acids is 1. The molecule has 0 saturated carbocycles. The lowest BCUT2D eigenvalue weighted by atomic mass is 9.93. The minimum absolute atomic E-state index is 0. The zero-order chi connectivity index (χ0) is 14.8. The topological polar surface area (TPSA) is 40.5 Å². The fraction of sp³-hybridized carbons (Fsp3) is 0.389. The van der Waals surface area contributed by atoms with Gasteiger partial charge < -0.3 is 5.11 Å². The first-order chi connectivity index (χ1) is 10.2. The molecule has 0 radical (unpaired) electrons. The lowest BCUT2D eigenvalue weighted by molar-refractivity contribution is -0.143. The maximum Gasteiger partial charge on any atom is 0.306 e. The quantitative estimate of drug-likeness (QED) is 0.925. The molecule has 1 N–H and O–H groups in total. The predicted molar refractivity (Wildman–Crippen MR) is 91.5 cm³/mol. The molecule has 118 valence electrons. The molecule has 0 aromatic heterocycles. The van der Waals surface area contributed by atoms with Crippen molar-refractivity contribution < 1.29 is 9.90 Å². The van der Waals surface area contributed by atoms with E-state index in [0.29, 0.717) is 6.04 Å². The van der Waals surface area contributed by atoms with Gasteiger partial charge in [-0.25, -0.2) is 0 Å². The van der Waals surface area contributed by atoms with Gasteiger partial charge in [0.15, 0.2) is 0 Å². The summed E-state index contributed by atoms with van der Waals surface area (Å²) in [6.45, 7) is 3.95. The molecule has 0 amide bonds. The van der Waals surface area contributed by atoms with Crippen LogP contribution in [0.2, 0.25) is 0 Å². The summed E-state index contributed by atoms with van der Waals surface area (Å²) >= 11 is 0. The van der Waals surface area contributed by atoms with Gasteiger partial charge in [-0.3, -0.25) is 9.69 Å². The number of rotatable bonds is 3. The highest BCUT2D eigenvalue weighted by molar-refractivity contribution is 5.86. The van der Waals surface area contributed by atoms with Crippen molar-refractivity contribution in [2.24, 2.45) is 5.92 Å². The molecule has 1 fully saturated rings. The molecule has 1 heterocycles. The maximum absolute atomic E-state index is 11.1. The van der Waals surface area contributed by atoms with Crippen LogP contribution < -0.4 is 0 Å². The van der Waals surface area contributed by atoms with Crippen LogP contribution in [0, 0.1) is 5.92 Å². The molecule has 2 aromatic rings. The molecule has 1 saturated heterocycles. The summed E-state index contributed by atoms with van der Waals surface area (Å²) in [5.41, 5.74) is 1.34. The van der Waals surface area contributed by atoms with Crippen molar-refractivity contribution in [3.05, 3.63) is 48.0 Å². The normalized spacial score (nSPS) is 17.9. The summed E-state index contributed by atoms with van der Waals surface area (Å²) in [5, 5.41) is 11.7. The zero-order valence-corrected chi connectivity index (χ0v) is 13.6. The molecule has 0 spiro atoms. The largest absolute Gasteiger partial charge is 0.481 e. The van der Waals surface area contributed by atoms with E-state index in [1.54, 1.807) is 0 Å². The average Bonchev–Trinajstić information content (AvgIpc) is 2.53. The minimum atomic E-state index is -0.646.